The number of fused-ring (bicyclic) bond motifs is 1. The van der Waals surface area contributed by atoms with Crippen molar-refractivity contribution in [1.29, 1.82) is 0 Å². The molecule has 6 nitrogen and oxygen atoms in total. The number of nitrogens with zero attached hydrogens (tertiary/aromatic N) is 4. The van der Waals surface area contributed by atoms with Crippen LogP contribution in [0.5, 0.6) is 0 Å². The highest BCUT2D eigenvalue weighted by Gasteiger charge is 2.21. The molecule has 2 heterocycles. The second-order valence-corrected chi connectivity index (χ2v) is 5.94. The highest BCUT2D eigenvalue weighted by Crippen LogP contribution is 2.15. The first-order chi connectivity index (χ1) is 8.06. The summed E-state index contributed by atoms with van der Waals surface area (Å²) in [7, 11) is -3.45. The van der Waals surface area contributed by atoms with E-state index in [-0.39, 0.29) is 16.4 Å². The third-order valence-electron chi connectivity index (χ3n) is 2.31. The van der Waals surface area contributed by atoms with Crippen LogP contribution in [0.1, 0.15) is 12.2 Å². The normalized spacial score (nSPS) is 12.1. The lowest BCUT2D eigenvalue weighted by Gasteiger charge is -2.03. The molecule has 17 heavy (non-hydrogen) atoms. The molecule has 0 N–H and O–H groups in total. The van der Waals surface area contributed by atoms with Gasteiger partial charge in [-0.3, -0.25) is 4.40 Å². The first-order valence-corrected chi connectivity index (χ1v) is 7.20. The Morgan fingerprint density at radius 2 is 2.18 bits per heavy atom. The minimum Gasteiger partial charge on any atom is -0.283 e. The molecule has 0 aliphatic carbocycles. The van der Waals surface area contributed by atoms with E-state index >= 15 is 0 Å². The van der Waals surface area contributed by atoms with Crippen molar-refractivity contribution in [3.8, 4) is 0 Å². The fourth-order valence-corrected chi connectivity index (χ4v) is 3.13. The lowest BCUT2D eigenvalue weighted by Crippen LogP contribution is -2.11. The molecule has 2 aromatic heterocycles. The van der Waals surface area contributed by atoms with Gasteiger partial charge in [-0.2, -0.15) is 0 Å². The van der Waals surface area contributed by atoms with Crippen molar-refractivity contribution in [2.24, 2.45) is 0 Å². The van der Waals surface area contributed by atoms with Crippen LogP contribution >= 0.6 is 11.6 Å². The molecule has 0 saturated carbocycles. The van der Waals surface area contributed by atoms with E-state index in [1.807, 2.05) is 0 Å². The molecule has 0 aliphatic rings. The molecule has 0 radical (unpaired) electrons. The van der Waals surface area contributed by atoms with Crippen LogP contribution in [0.15, 0.2) is 17.4 Å². The number of rotatable bonds is 4. The van der Waals surface area contributed by atoms with Gasteiger partial charge >= 0.3 is 0 Å². The second kappa shape index (κ2) is 4.58. The van der Waals surface area contributed by atoms with Gasteiger partial charge < -0.3 is 0 Å². The predicted molar refractivity (Wildman–Crippen MR) is 62.9 cm³/mol. The molecule has 0 saturated heterocycles. The van der Waals surface area contributed by atoms with E-state index in [9.17, 15) is 8.42 Å². The van der Waals surface area contributed by atoms with Crippen LogP contribution in [0.4, 0.5) is 0 Å². The van der Waals surface area contributed by atoms with Crippen molar-refractivity contribution in [2.75, 3.05) is 11.6 Å². The maximum absolute atomic E-state index is 12.0. The summed E-state index contributed by atoms with van der Waals surface area (Å²) in [6.45, 7) is 1.75. The van der Waals surface area contributed by atoms with Gasteiger partial charge in [-0.15, -0.1) is 21.8 Å². The van der Waals surface area contributed by atoms with Crippen LogP contribution < -0.4 is 0 Å². The fourth-order valence-electron chi connectivity index (χ4n) is 1.48. The summed E-state index contributed by atoms with van der Waals surface area (Å²) in [5.41, 5.74) is 0.263. The number of aryl methyl sites for hydroxylation is 1. The van der Waals surface area contributed by atoms with Crippen molar-refractivity contribution in [2.45, 2.75) is 18.4 Å². The van der Waals surface area contributed by atoms with Crippen molar-refractivity contribution in [3.05, 3.63) is 18.2 Å². The third kappa shape index (κ3) is 2.25. The first kappa shape index (κ1) is 12.3. The largest absolute Gasteiger partial charge is 0.283 e. The highest BCUT2D eigenvalue weighted by molar-refractivity contribution is 7.91. The van der Waals surface area contributed by atoms with Crippen molar-refractivity contribution < 1.29 is 8.42 Å². The molecular weight excluding hydrogens is 264 g/mol. The Morgan fingerprint density at radius 1 is 1.41 bits per heavy atom. The summed E-state index contributed by atoms with van der Waals surface area (Å²) in [5, 5.41) is 7.63. The molecular formula is C9H11ClN4O2S. The molecule has 0 atom stereocenters. The molecule has 0 aromatic carbocycles. The molecule has 0 spiro atoms. The zero-order valence-electron chi connectivity index (χ0n) is 9.17. The topological polar surface area (TPSA) is 77.2 Å². The minimum absolute atomic E-state index is 0.0327. The van der Waals surface area contributed by atoms with Crippen LogP contribution in [0.2, 0.25) is 0 Å². The van der Waals surface area contributed by atoms with E-state index in [1.165, 1.54) is 6.20 Å². The van der Waals surface area contributed by atoms with Gasteiger partial charge in [0.2, 0.25) is 5.03 Å². The van der Waals surface area contributed by atoms with Crippen LogP contribution in [0, 0.1) is 6.92 Å². The number of hydrogen-bond acceptors (Lipinski definition) is 5. The molecule has 0 unspecified atom stereocenters. The Hall–Kier alpha value is -1.21. The zero-order chi connectivity index (χ0) is 12.5. The SMILES string of the molecule is Cc1nnc2c(S(=O)(=O)CCCCl)nccn12. The summed E-state index contributed by atoms with van der Waals surface area (Å²) in [6.07, 6.45) is 3.45. The third-order valence-corrected chi connectivity index (χ3v) is 4.28. The zero-order valence-corrected chi connectivity index (χ0v) is 10.7. The summed E-state index contributed by atoms with van der Waals surface area (Å²) < 4.78 is 25.6. The van der Waals surface area contributed by atoms with Gasteiger partial charge in [0.1, 0.15) is 5.82 Å². The molecule has 0 amide bonds. The quantitative estimate of drug-likeness (QED) is 0.772. The molecule has 0 fully saturated rings. The van der Waals surface area contributed by atoms with Crippen molar-refractivity contribution in [1.82, 2.24) is 19.6 Å². The van der Waals surface area contributed by atoms with Gasteiger partial charge in [-0.1, -0.05) is 0 Å². The molecule has 2 rings (SSSR count). The average Bonchev–Trinajstić information content (AvgIpc) is 2.69. The maximum Gasteiger partial charge on any atom is 0.200 e. The van der Waals surface area contributed by atoms with Gasteiger partial charge in [0.05, 0.1) is 5.75 Å². The molecule has 0 bridgehead atoms. The summed E-state index contributed by atoms with van der Waals surface area (Å²) >= 11 is 5.50. The van der Waals surface area contributed by atoms with Crippen LogP contribution in [-0.4, -0.2) is 39.6 Å². The lowest BCUT2D eigenvalue weighted by atomic mass is 10.6. The van der Waals surface area contributed by atoms with E-state index in [2.05, 4.69) is 15.2 Å². The number of alkyl halides is 1. The fraction of sp³-hybridized carbons (Fsp3) is 0.444. The molecule has 92 valence electrons. The summed E-state index contributed by atoms with van der Waals surface area (Å²) in [6, 6.07) is 0. The Bertz CT molecular complexity index is 637. The standard InChI is InChI=1S/C9H11ClN4O2S/c1-7-12-13-8-9(11-4-5-14(7)8)17(15,16)6-2-3-10/h4-5H,2-3,6H2,1H3. The average molecular weight is 275 g/mol. The van der Waals surface area contributed by atoms with Crippen molar-refractivity contribution >= 4 is 27.1 Å². The Balaban J connectivity index is 2.56. The van der Waals surface area contributed by atoms with Crippen molar-refractivity contribution in [3.63, 3.8) is 0 Å². The van der Waals surface area contributed by atoms with E-state index in [1.54, 1.807) is 17.5 Å². The smallest absolute Gasteiger partial charge is 0.200 e. The second-order valence-electron chi connectivity index (χ2n) is 3.53. The minimum atomic E-state index is -3.45. The van der Waals surface area contributed by atoms with Gasteiger partial charge in [0, 0.05) is 18.3 Å². The maximum atomic E-state index is 12.0. The van der Waals surface area contributed by atoms with Crippen LogP contribution in [-0.2, 0) is 9.84 Å². The molecule has 2 aromatic rings. The van der Waals surface area contributed by atoms with E-state index in [0.29, 0.717) is 18.1 Å². The molecule has 8 heteroatoms. The predicted octanol–water partition coefficient (Wildman–Crippen LogP) is 0.835. The Morgan fingerprint density at radius 3 is 2.88 bits per heavy atom. The summed E-state index contributed by atoms with van der Waals surface area (Å²) in [4.78, 5) is 3.89. The van der Waals surface area contributed by atoms with E-state index in [4.69, 9.17) is 11.6 Å². The van der Waals surface area contributed by atoms with Gasteiger partial charge in [0.15, 0.2) is 15.5 Å². The first-order valence-electron chi connectivity index (χ1n) is 5.01. The monoisotopic (exact) mass is 274 g/mol. The summed E-state index contributed by atoms with van der Waals surface area (Å²) in [5.74, 6) is 0.888. The van der Waals surface area contributed by atoms with Crippen LogP contribution in [0.3, 0.4) is 0 Å². The number of aromatic nitrogens is 4. The van der Waals surface area contributed by atoms with Gasteiger partial charge in [0.25, 0.3) is 0 Å². The van der Waals surface area contributed by atoms with E-state index < -0.39 is 9.84 Å². The number of sulfone groups is 1. The van der Waals surface area contributed by atoms with Gasteiger partial charge in [-0.05, 0) is 13.3 Å². The highest BCUT2D eigenvalue weighted by atomic mass is 35.5. The number of hydrogen-bond donors (Lipinski definition) is 0. The lowest BCUT2D eigenvalue weighted by molar-refractivity contribution is 0.591. The Labute approximate surface area is 104 Å². The Kier molecular flexibility index (Phi) is 3.30. The molecule has 0 aliphatic heterocycles. The number of halogens is 1. The van der Waals surface area contributed by atoms with E-state index in [0.717, 1.165) is 0 Å². The van der Waals surface area contributed by atoms with Gasteiger partial charge in [-0.25, -0.2) is 13.4 Å². The van der Waals surface area contributed by atoms with Crippen LogP contribution in [0.25, 0.3) is 5.65 Å².